The molecule has 0 saturated heterocycles. The van der Waals surface area contributed by atoms with E-state index in [1.54, 1.807) is 0 Å². The van der Waals surface area contributed by atoms with Gasteiger partial charge in [-0.25, -0.2) is 9.97 Å². The second-order valence-corrected chi connectivity index (χ2v) is 4.16. The minimum absolute atomic E-state index is 0.0207. The van der Waals surface area contributed by atoms with Crippen molar-refractivity contribution >= 4 is 17.6 Å². The van der Waals surface area contributed by atoms with Crippen LogP contribution in [-0.2, 0) is 4.79 Å². The Bertz CT molecular complexity index is 758. The molecule has 2 aromatic heterocycles. The van der Waals surface area contributed by atoms with Gasteiger partial charge < -0.3 is 4.42 Å². The van der Waals surface area contributed by atoms with Gasteiger partial charge in [-0.1, -0.05) is 0 Å². The molecule has 0 aromatic carbocycles. The zero-order chi connectivity index (χ0) is 17.2. The van der Waals surface area contributed by atoms with E-state index in [2.05, 4.69) is 9.97 Å². The molecule has 12 heteroatoms. The second-order valence-electron chi connectivity index (χ2n) is 4.16. The number of hydrazine groups is 1. The summed E-state index contributed by atoms with van der Waals surface area (Å²) in [6.07, 6.45) is -5.06. The van der Waals surface area contributed by atoms with Crippen LogP contribution in [0, 0.1) is 17.0 Å². The highest BCUT2D eigenvalue weighted by Crippen LogP contribution is 2.26. The number of aromatic nitrogens is 2. The number of anilines is 1. The van der Waals surface area contributed by atoms with Gasteiger partial charge in [-0.2, -0.15) is 13.2 Å². The molecule has 23 heavy (non-hydrogen) atoms. The Kier molecular flexibility index (Phi) is 4.16. The van der Waals surface area contributed by atoms with Crippen LogP contribution < -0.4 is 10.9 Å². The van der Waals surface area contributed by atoms with Gasteiger partial charge in [0.15, 0.2) is 5.76 Å². The number of rotatable bonds is 4. The molecule has 9 nitrogen and oxygen atoms in total. The van der Waals surface area contributed by atoms with Crippen LogP contribution in [0.25, 0.3) is 11.5 Å². The fraction of sp³-hybridized carbons (Fsp3) is 0.182. The molecule has 1 amide bonds. The summed E-state index contributed by atoms with van der Waals surface area (Å²) in [6.45, 7) is 1.44. The molecule has 2 heterocycles. The fourth-order valence-corrected chi connectivity index (χ4v) is 1.51. The van der Waals surface area contributed by atoms with Gasteiger partial charge in [0.05, 0.1) is 6.07 Å². The molecule has 122 valence electrons. The molecule has 0 aliphatic carbocycles. The van der Waals surface area contributed by atoms with Crippen LogP contribution in [0.3, 0.4) is 0 Å². The third-order valence-electron chi connectivity index (χ3n) is 2.42. The number of furan rings is 1. The number of carbonyl (C=O) groups excluding carboxylic acids is 1. The third kappa shape index (κ3) is 3.93. The van der Waals surface area contributed by atoms with Gasteiger partial charge in [-0.05, 0) is 13.0 Å². The molecule has 0 fully saturated rings. The molecular weight excluding hydrogens is 323 g/mol. The summed E-state index contributed by atoms with van der Waals surface area (Å²) in [7, 11) is 0. The average molecular weight is 331 g/mol. The molecule has 0 aliphatic heterocycles. The van der Waals surface area contributed by atoms with Gasteiger partial charge >= 0.3 is 18.0 Å². The van der Waals surface area contributed by atoms with Gasteiger partial charge in [0.25, 0.3) is 0 Å². The van der Waals surface area contributed by atoms with Crippen molar-refractivity contribution in [1.29, 1.82) is 0 Å². The lowest BCUT2D eigenvalue weighted by molar-refractivity contribution is -0.401. The maximum absolute atomic E-state index is 12.1. The van der Waals surface area contributed by atoms with Crippen molar-refractivity contribution in [2.24, 2.45) is 0 Å². The lowest BCUT2D eigenvalue weighted by atomic mass is 10.3. The van der Waals surface area contributed by atoms with Crippen molar-refractivity contribution in [2.45, 2.75) is 13.1 Å². The lowest BCUT2D eigenvalue weighted by Gasteiger charge is -2.10. The molecular formula is C11H8F3N5O4. The van der Waals surface area contributed by atoms with E-state index in [9.17, 15) is 28.1 Å². The maximum atomic E-state index is 12.1. The first-order chi connectivity index (χ1) is 10.7. The summed E-state index contributed by atoms with van der Waals surface area (Å²) < 4.78 is 41.2. The van der Waals surface area contributed by atoms with Crippen LogP contribution >= 0.6 is 0 Å². The summed E-state index contributed by atoms with van der Waals surface area (Å²) >= 11 is 0. The molecule has 2 rings (SSSR count). The third-order valence-corrected chi connectivity index (χ3v) is 2.42. The molecule has 0 aliphatic rings. The van der Waals surface area contributed by atoms with Crippen LogP contribution in [0.2, 0.25) is 0 Å². The van der Waals surface area contributed by atoms with E-state index in [0.29, 0.717) is 0 Å². The minimum atomic E-state index is -5.06. The van der Waals surface area contributed by atoms with Crippen molar-refractivity contribution < 1.29 is 27.3 Å². The largest absolute Gasteiger partial charge is 0.472 e. The van der Waals surface area contributed by atoms with E-state index < -0.39 is 22.9 Å². The Labute approximate surface area is 125 Å². The first-order valence-electron chi connectivity index (χ1n) is 5.90. The SMILES string of the molecule is Cc1nc(NNC(=O)C(F)(F)F)cc(-c2ccc([N+](=O)[O-])o2)n1. The van der Waals surface area contributed by atoms with Crippen molar-refractivity contribution in [3.8, 4) is 11.5 Å². The molecule has 2 N–H and O–H groups in total. The summed E-state index contributed by atoms with van der Waals surface area (Å²) in [5, 5.41) is 10.6. The Morgan fingerprint density at radius 1 is 1.35 bits per heavy atom. The van der Waals surface area contributed by atoms with Crippen LogP contribution in [0.4, 0.5) is 24.9 Å². The number of nitrogens with zero attached hydrogens (tertiary/aromatic N) is 3. The maximum Gasteiger partial charge on any atom is 0.472 e. The molecule has 0 bridgehead atoms. The van der Waals surface area contributed by atoms with E-state index in [1.165, 1.54) is 18.4 Å². The number of hydrogen-bond acceptors (Lipinski definition) is 7. The highest BCUT2D eigenvalue weighted by atomic mass is 19.4. The average Bonchev–Trinajstić information content (AvgIpc) is 2.93. The van der Waals surface area contributed by atoms with E-state index in [0.717, 1.165) is 12.1 Å². The van der Waals surface area contributed by atoms with Crippen molar-refractivity contribution in [2.75, 3.05) is 5.43 Å². The first-order valence-corrected chi connectivity index (χ1v) is 5.90. The second kappa shape index (κ2) is 5.90. The number of nitro groups is 1. The Morgan fingerprint density at radius 2 is 2.04 bits per heavy atom. The number of hydrogen-bond donors (Lipinski definition) is 2. The van der Waals surface area contributed by atoms with Gasteiger partial charge in [0.1, 0.15) is 22.3 Å². The van der Waals surface area contributed by atoms with Crippen molar-refractivity contribution in [3.63, 3.8) is 0 Å². The number of alkyl halides is 3. The van der Waals surface area contributed by atoms with Crippen LogP contribution in [0.5, 0.6) is 0 Å². The van der Waals surface area contributed by atoms with Gasteiger partial charge in [0, 0.05) is 6.07 Å². The van der Waals surface area contributed by atoms with Gasteiger partial charge in [0.2, 0.25) is 0 Å². The van der Waals surface area contributed by atoms with Crippen LogP contribution in [0.1, 0.15) is 5.82 Å². The van der Waals surface area contributed by atoms with Gasteiger partial charge in [-0.3, -0.25) is 25.8 Å². The number of amides is 1. The molecule has 0 atom stereocenters. The number of carbonyl (C=O) groups is 1. The van der Waals surface area contributed by atoms with Gasteiger partial charge in [-0.15, -0.1) is 0 Å². The zero-order valence-corrected chi connectivity index (χ0v) is 11.3. The predicted molar refractivity (Wildman–Crippen MR) is 68.9 cm³/mol. The topological polar surface area (TPSA) is 123 Å². The Morgan fingerprint density at radius 3 is 2.61 bits per heavy atom. The summed E-state index contributed by atoms with van der Waals surface area (Å²) in [6, 6.07) is 3.54. The normalized spacial score (nSPS) is 11.1. The molecule has 0 unspecified atom stereocenters. The van der Waals surface area contributed by atoms with Crippen molar-refractivity contribution in [1.82, 2.24) is 15.4 Å². The quantitative estimate of drug-likeness (QED) is 0.648. The number of nitrogens with one attached hydrogen (secondary N) is 2. The van der Waals surface area contributed by atoms with Crippen LogP contribution in [0.15, 0.2) is 22.6 Å². The zero-order valence-electron chi connectivity index (χ0n) is 11.3. The number of aryl methyl sites for hydroxylation is 1. The fourth-order valence-electron chi connectivity index (χ4n) is 1.51. The van der Waals surface area contributed by atoms with E-state index in [1.807, 2.05) is 5.43 Å². The summed E-state index contributed by atoms with van der Waals surface area (Å²) in [5.41, 5.74) is 3.50. The molecule has 2 aromatic rings. The standard InChI is InChI=1S/C11H8F3N5O4/c1-5-15-6(7-2-3-9(23-7)19(21)22)4-8(16-5)17-18-10(20)11(12,13)14/h2-4H,1H3,(H,18,20)(H,15,16,17). The highest BCUT2D eigenvalue weighted by molar-refractivity contribution is 5.82. The smallest absolute Gasteiger partial charge is 0.399 e. The van der Waals surface area contributed by atoms with E-state index in [4.69, 9.17) is 4.42 Å². The molecule has 0 radical (unpaired) electrons. The Balaban J connectivity index is 2.21. The minimum Gasteiger partial charge on any atom is -0.399 e. The Hall–Kier alpha value is -3.18. The summed E-state index contributed by atoms with van der Waals surface area (Å²) in [4.78, 5) is 28.3. The monoisotopic (exact) mass is 331 g/mol. The summed E-state index contributed by atoms with van der Waals surface area (Å²) in [5.74, 6) is -2.71. The van der Waals surface area contributed by atoms with Crippen molar-refractivity contribution in [3.05, 3.63) is 34.1 Å². The first kappa shape index (κ1) is 16.2. The van der Waals surface area contributed by atoms with E-state index >= 15 is 0 Å². The van der Waals surface area contributed by atoms with E-state index in [-0.39, 0.29) is 23.1 Å². The van der Waals surface area contributed by atoms with Crippen LogP contribution in [-0.4, -0.2) is 27.0 Å². The highest BCUT2D eigenvalue weighted by Gasteiger charge is 2.38. The number of halogens is 3. The lowest BCUT2D eigenvalue weighted by Crippen LogP contribution is -2.40. The molecule has 0 spiro atoms. The molecule has 0 saturated carbocycles. The predicted octanol–water partition coefficient (Wildman–Crippen LogP) is 1.96.